The van der Waals surface area contributed by atoms with Crippen LogP contribution in [0.2, 0.25) is 0 Å². The molecule has 0 amide bonds. The van der Waals surface area contributed by atoms with Gasteiger partial charge >= 0.3 is 6.18 Å². The third-order valence-electron chi connectivity index (χ3n) is 3.73. The van der Waals surface area contributed by atoms with Gasteiger partial charge in [0.05, 0.1) is 24.8 Å². The summed E-state index contributed by atoms with van der Waals surface area (Å²) in [5.74, 6) is 1.25. The van der Waals surface area contributed by atoms with Gasteiger partial charge < -0.3 is 15.4 Å². The fraction of sp³-hybridized carbons (Fsp3) is 0.500. The van der Waals surface area contributed by atoms with Gasteiger partial charge in [0.15, 0.2) is 5.96 Å². The summed E-state index contributed by atoms with van der Waals surface area (Å²) in [6.45, 7) is 6.17. The normalized spacial score (nSPS) is 12.4. The fourth-order valence-electron chi connectivity index (χ4n) is 2.45. The lowest BCUT2D eigenvalue weighted by atomic mass is 10.1. The van der Waals surface area contributed by atoms with E-state index in [0.717, 1.165) is 6.07 Å². The monoisotopic (exact) mass is 398 g/mol. The van der Waals surface area contributed by atoms with Crippen LogP contribution in [-0.2, 0) is 26.3 Å². The molecule has 1 heterocycles. The molecule has 1 aromatic carbocycles. The maximum Gasteiger partial charge on any atom is 0.416 e. The molecule has 10 heteroatoms. The minimum absolute atomic E-state index is 0.0690. The lowest BCUT2D eigenvalue weighted by Crippen LogP contribution is -2.37. The van der Waals surface area contributed by atoms with E-state index in [0.29, 0.717) is 24.9 Å². The second kappa shape index (κ2) is 9.43. The van der Waals surface area contributed by atoms with E-state index in [1.807, 2.05) is 6.92 Å². The average molecular weight is 398 g/mol. The van der Waals surface area contributed by atoms with Crippen molar-refractivity contribution in [1.82, 2.24) is 25.4 Å². The highest BCUT2D eigenvalue weighted by Gasteiger charge is 2.33. The van der Waals surface area contributed by atoms with Gasteiger partial charge in [-0.05, 0) is 38.5 Å². The van der Waals surface area contributed by atoms with E-state index in [4.69, 9.17) is 4.74 Å². The van der Waals surface area contributed by atoms with Crippen LogP contribution in [0.25, 0.3) is 0 Å². The number of nitrogens with one attached hydrogen (secondary N) is 2. The number of alkyl halides is 3. The topological polar surface area (TPSA) is 76.4 Å². The number of ether oxygens (including phenoxy) is 1. The molecule has 0 fully saturated rings. The van der Waals surface area contributed by atoms with Crippen LogP contribution in [0.3, 0.4) is 0 Å². The summed E-state index contributed by atoms with van der Waals surface area (Å²) >= 11 is 0. The summed E-state index contributed by atoms with van der Waals surface area (Å²) in [6.07, 6.45) is -3.28. The number of aromatic nitrogens is 3. The quantitative estimate of drug-likeness (QED) is 0.554. The highest BCUT2D eigenvalue weighted by atomic mass is 19.4. The molecular weight excluding hydrogens is 373 g/mol. The summed E-state index contributed by atoms with van der Waals surface area (Å²) in [5, 5.41) is 10.0. The molecular formula is C18H25F3N6O. The summed E-state index contributed by atoms with van der Waals surface area (Å²) < 4.78 is 47.4. The van der Waals surface area contributed by atoms with Gasteiger partial charge in [-0.1, -0.05) is 6.07 Å². The minimum Gasteiger partial charge on any atom is -0.491 e. The Bertz CT molecular complexity index is 801. The molecule has 0 aliphatic carbocycles. The summed E-state index contributed by atoms with van der Waals surface area (Å²) in [5.41, 5.74) is -0.682. The molecule has 0 unspecified atom stereocenters. The van der Waals surface area contributed by atoms with Crippen molar-refractivity contribution in [2.45, 2.75) is 46.1 Å². The molecule has 154 valence electrons. The molecule has 0 saturated heterocycles. The van der Waals surface area contributed by atoms with Crippen molar-refractivity contribution >= 4 is 5.96 Å². The van der Waals surface area contributed by atoms with E-state index < -0.39 is 11.7 Å². The number of aliphatic imine (C=N–C) groups is 1. The van der Waals surface area contributed by atoms with E-state index >= 15 is 0 Å². The number of hydrogen-bond donors (Lipinski definition) is 2. The first kappa shape index (κ1) is 21.5. The fourth-order valence-corrected chi connectivity index (χ4v) is 2.45. The van der Waals surface area contributed by atoms with Crippen LogP contribution in [0, 0.1) is 0 Å². The van der Waals surface area contributed by atoms with Crippen LogP contribution in [0.5, 0.6) is 5.75 Å². The predicted octanol–water partition coefficient (Wildman–Crippen LogP) is 2.88. The second-order valence-corrected chi connectivity index (χ2v) is 6.33. The highest BCUT2D eigenvalue weighted by molar-refractivity contribution is 5.79. The van der Waals surface area contributed by atoms with Crippen LogP contribution in [-0.4, -0.2) is 33.4 Å². The van der Waals surface area contributed by atoms with Crippen molar-refractivity contribution < 1.29 is 17.9 Å². The van der Waals surface area contributed by atoms with Gasteiger partial charge in [-0.15, -0.1) is 0 Å². The van der Waals surface area contributed by atoms with E-state index in [1.165, 1.54) is 18.5 Å². The highest BCUT2D eigenvalue weighted by Crippen LogP contribution is 2.35. The van der Waals surface area contributed by atoms with Crippen molar-refractivity contribution in [3.05, 3.63) is 41.5 Å². The Hall–Kier alpha value is -2.78. The molecule has 2 rings (SSSR count). The SMILES string of the molecule is CCNC(=NCc1ccc(OC(C)C)cc1C(F)(F)F)NCc1ncnn1C. The Morgan fingerprint density at radius 2 is 2.04 bits per heavy atom. The molecule has 0 radical (unpaired) electrons. The van der Waals surface area contributed by atoms with Gasteiger partial charge in [0.1, 0.15) is 17.9 Å². The lowest BCUT2D eigenvalue weighted by molar-refractivity contribution is -0.138. The summed E-state index contributed by atoms with van der Waals surface area (Å²) in [4.78, 5) is 8.36. The Kier molecular flexibility index (Phi) is 7.24. The number of aryl methyl sites for hydroxylation is 1. The van der Waals surface area contributed by atoms with Crippen LogP contribution in [0.1, 0.15) is 37.7 Å². The molecule has 0 aliphatic rings. The summed E-state index contributed by atoms with van der Waals surface area (Å²) in [7, 11) is 1.75. The van der Waals surface area contributed by atoms with Crippen molar-refractivity contribution in [2.24, 2.45) is 12.0 Å². The Morgan fingerprint density at radius 1 is 1.29 bits per heavy atom. The van der Waals surface area contributed by atoms with Gasteiger partial charge in [-0.2, -0.15) is 18.3 Å². The molecule has 0 saturated carbocycles. The van der Waals surface area contributed by atoms with Gasteiger partial charge in [0.25, 0.3) is 0 Å². The molecule has 2 N–H and O–H groups in total. The largest absolute Gasteiger partial charge is 0.491 e. The van der Waals surface area contributed by atoms with E-state index in [9.17, 15) is 13.2 Å². The number of benzene rings is 1. The zero-order valence-electron chi connectivity index (χ0n) is 16.3. The van der Waals surface area contributed by atoms with Gasteiger partial charge in [0.2, 0.25) is 0 Å². The molecule has 7 nitrogen and oxygen atoms in total. The molecule has 1 aromatic heterocycles. The molecule has 28 heavy (non-hydrogen) atoms. The van der Waals surface area contributed by atoms with Crippen molar-refractivity contribution in [3.63, 3.8) is 0 Å². The lowest BCUT2D eigenvalue weighted by Gasteiger charge is -2.16. The Labute approximate surface area is 162 Å². The van der Waals surface area contributed by atoms with Crippen LogP contribution < -0.4 is 15.4 Å². The third-order valence-corrected chi connectivity index (χ3v) is 3.73. The molecule has 0 atom stereocenters. The average Bonchev–Trinajstić information content (AvgIpc) is 3.01. The molecule has 0 bridgehead atoms. The maximum atomic E-state index is 13.5. The molecule has 0 aliphatic heterocycles. The Morgan fingerprint density at radius 3 is 2.61 bits per heavy atom. The van der Waals surface area contributed by atoms with E-state index in [-0.39, 0.29) is 24.0 Å². The van der Waals surface area contributed by atoms with Crippen molar-refractivity contribution in [3.8, 4) is 5.75 Å². The number of halogens is 3. The van der Waals surface area contributed by atoms with Crippen LogP contribution >= 0.6 is 0 Å². The van der Waals surface area contributed by atoms with E-state index in [1.54, 1.807) is 25.6 Å². The number of rotatable bonds is 7. The number of guanidine groups is 1. The summed E-state index contributed by atoms with van der Waals surface area (Å²) in [6, 6.07) is 3.95. The first-order valence-corrected chi connectivity index (χ1v) is 8.92. The van der Waals surface area contributed by atoms with Gasteiger partial charge in [-0.25, -0.2) is 9.98 Å². The number of nitrogens with zero attached hydrogens (tertiary/aromatic N) is 4. The minimum atomic E-state index is -4.49. The Balaban J connectivity index is 2.19. The molecule has 2 aromatic rings. The van der Waals surface area contributed by atoms with Crippen LogP contribution in [0.15, 0.2) is 29.5 Å². The zero-order valence-corrected chi connectivity index (χ0v) is 16.3. The molecule has 0 spiro atoms. The zero-order chi connectivity index (χ0) is 20.7. The standard InChI is InChI=1S/C18H25F3N6O/c1-5-22-17(24-10-16-25-11-26-27(16)4)23-9-13-6-7-14(28-12(2)3)8-15(13)18(19,20)21/h6-8,11-12H,5,9-10H2,1-4H3,(H2,22,23,24). The third kappa shape index (κ3) is 6.14. The van der Waals surface area contributed by atoms with Gasteiger partial charge in [-0.3, -0.25) is 4.68 Å². The van der Waals surface area contributed by atoms with Crippen molar-refractivity contribution in [1.29, 1.82) is 0 Å². The maximum absolute atomic E-state index is 13.5. The predicted molar refractivity (Wildman–Crippen MR) is 99.9 cm³/mol. The van der Waals surface area contributed by atoms with Crippen LogP contribution in [0.4, 0.5) is 13.2 Å². The first-order valence-electron chi connectivity index (χ1n) is 8.92. The second-order valence-electron chi connectivity index (χ2n) is 6.33. The van der Waals surface area contributed by atoms with E-state index in [2.05, 4.69) is 25.7 Å². The number of hydrogen-bond acceptors (Lipinski definition) is 4. The smallest absolute Gasteiger partial charge is 0.416 e. The first-order chi connectivity index (χ1) is 13.2. The van der Waals surface area contributed by atoms with Crippen molar-refractivity contribution in [2.75, 3.05) is 6.54 Å². The van der Waals surface area contributed by atoms with Gasteiger partial charge in [0, 0.05) is 13.6 Å².